The van der Waals surface area contributed by atoms with E-state index in [-0.39, 0.29) is 11.8 Å². The molecule has 3 aromatic rings. The average Bonchev–Trinajstić information content (AvgIpc) is 3.03. The van der Waals surface area contributed by atoms with Crippen LogP contribution in [0.15, 0.2) is 53.7 Å². The van der Waals surface area contributed by atoms with Gasteiger partial charge in [0.15, 0.2) is 28.3 Å². The maximum atomic E-state index is 12.5. The smallest absolute Gasteiger partial charge is 0.192 e. The Balaban J connectivity index is 1.59. The third-order valence-corrected chi connectivity index (χ3v) is 5.56. The van der Waals surface area contributed by atoms with E-state index in [1.54, 1.807) is 0 Å². The number of hydrogen-bond donors (Lipinski definition) is 0. The molecule has 0 atom stereocenters. The summed E-state index contributed by atoms with van der Waals surface area (Å²) in [6, 6.07) is 15.3. The molecule has 2 aromatic carbocycles. The third-order valence-electron chi connectivity index (χ3n) is 4.61. The highest BCUT2D eigenvalue weighted by Crippen LogP contribution is 2.35. The predicted molar refractivity (Wildman–Crippen MR) is 113 cm³/mol. The number of carbonyl (C=O) groups excluding carboxylic acids is 1. The minimum absolute atomic E-state index is 0.0750. The highest BCUT2D eigenvalue weighted by Gasteiger charge is 2.20. The number of rotatable bonds is 6. The van der Waals surface area contributed by atoms with Gasteiger partial charge in [0.1, 0.15) is 0 Å². The monoisotopic (exact) mass is 409 g/mol. The highest BCUT2D eigenvalue weighted by molar-refractivity contribution is 7.99. The molecule has 0 aliphatic carbocycles. The lowest BCUT2D eigenvalue weighted by molar-refractivity contribution is 0.102. The van der Waals surface area contributed by atoms with Crippen molar-refractivity contribution in [2.45, 2.75) is 31.5 Å². The SMILES string of the molecule is CC(C)n1c(SCC(=O)c2ccccc2)nnc1-c1ccc2c(c1)OCCCO2. The Bertz CT molecular complexity index is 1000. The zero-order chi connectivity index (χ0) is 20.2. The van der Waals surface area contributed by atoms with E-state index in [0.717, 1.165) is 34.5 Å². The Hall–Kier alpha value is -2.80. The van der Waals surface area contributed by atoms with Crippen LogP contribution in [-0.2, 0) is 0 Å². The van der Waals surface area contributed by atoms with Gasteiger partial charge in [-0.15, -0.1) is 10.2 Å². The van der Waals surface area contributed by atoms with Crippen LogP contribution in [0.3, 0.4) is 0 Å². The molecule has 1 aromatic heterocycles. The van der Waals surface area contributed by atoms with Gasteiger partial charge in [0.25, 0.3) is 0 Å². The van der Waals surface area contributed by atoms with Gasteiger partial charge in [-0.25, -0.2) is 0 Å². The zero-order valence-corrected chi connectivity index (χ0v) is 17.3. The second-order valence-corrected chi connectivity index (χ2v) is 8.00. The van der Waals surface area contributed by atoms with E-state index >= 15 is 0 Å². The normalized spacial score (nSPS) is 13.3. The van der Waals surface area contributed by atoms with Crippen LogP contribution in [0.1, 0.15) is 36.7 Å². The number of carbonyl (C=O) groups is 1. The summed E-state index contributed by atoms with van der Waals surface area (Å²) in [5.74, 6) is 2.63. The standard InChI is InChI=1S/C22H23N3O3S/c1-15(2)25-21(17-9-10-19-20(13-17)28-12-6-11-27-19)23-24-22(25)29-14-18(26)16-7-4-3-5-8-16/h3-5,7-10,13,15H,6,11-12,14H2,1-2H3. The second kappa shape index (κ2) is 8.69. The van der Waals surface area contributed by atoms with Gasteiger partial charge in [0, 0.05) is 23.6 Å². The molecule has 0 amide bonds. The van der Waals surface area contributed by atoms with Crippen LogP contribution in [0, 0.1) is 0 Å². The first-order valence-corrected chi connectivity index (χ1v) is 10.7. The molecule has 0 N–H and O–H groups in total. The summed E-state index contributed by atoms with van der Waals surface area (Å²) < 4.78 is 13.6. The minimum Gasteiger partial charge on any atom is -0.490 e. The zero-order valence-electron chi connectivity index (χ0n) is 16.5. The first kappa shape index (κ1) is 19.5. The quantitative estimate of drug-likeness (QED) is 0.436. The van der Waals surface area contributed by atoms with Gasteiger partial charge in [-0.3, -0.25) is 9.36 Å². The van der Waals surface area contributed by atoms with Crippen LogP contribution in [0.25, 0.3) is 11.4 Å². The van der Waals surface area contributed by atoms with Crippen LogP contribution in [-0.4, -0.2) is 39.5 Å². The number of nitrogens with zero attached hydrogens (tertiary/aromatic N) is 3. The van der Waals surface area contributed by atoms with Crippen LogP contribution >= 0.6 is 11.8 Å². The molecule has 0 saturated heterocycles. The van der Waals surface area contributed by atoms with Gasteiger partial charge in [0.05, 0.1) is 19.0 Å². The topological polar surface area (TPSA) is 66.2 Å². The molecule has 150 valence electrons. The van der Waals surface area contributed by atoms with E-state index in [1.807, 2.05) is 48.5 Å². The summed E-state index contributed by atoms with van der Waals surface area (Å²) in [5.41, 5.74) is 1.62. The Labute approximate surface area is 174 Å². The van der Waals surface area contributed by atoms with Gasteiger partial charge >= 0.3 is 0 Å². The van der Waals surface area contributed by atoms with Crippen molar-refractivity contribution in [1.82, 2.24) is 14.8 Å². The van der Waals surface area contributed by atoms with E-state index < -0.39 is 0 Å². The molecule has 6 nitrogen and oxygen atoms in total. The molecular weight excluding hydrogens is 386 g/mol. The van der Waals surface area contributed by atoms with Gasteiger partial charge in [0.2, 0.25) is 0 Å². The summed E-state index contributed by atoms with van der Waals surface area (Å²) in [6.45, 7) is 5.46. The number of ether oxygens (including phenoxy) is 2. The van der Waals surface area contributed by atoms with E-state index in [4.69, 9.17) is 9.47 Å². The molecular formula is C22H23N3O3S. The Kier molecular flexibility index (Phi) is 5.85. The van der Waals surface area contributed by atoms with Crippen molar-refractivity contribution in [3.63, 3.8) is 0 Å². The molecule has 1 aliphatic heterocycles. The third kappa shape index (κ3) is 4.29. The lowest BCUT2D eigenvalue weighted by atomic mass is 10.2. The second-order valence-electron chi connectivity index (χ2n) is 7.06. The van der Waals surface area contributed by atoms with Crippen molar-refractivity contribution in [3.8, 4) is 22.9 Å². The maximum absolute atomic E-state index is 12.5. The summed E-state index contributed by atoms with van der Waals surface area (Å²) in [7, 11) is 0. The summed E-state index contributed by atoms with van der Waals surface area (Å²) in [4.78, 5) is 12.5. The molecule has 0 bridgehead atoms. The molecule has 1 aliphatic rings. The van der Waals surface area contributed by atoms with Crippen molar-refractivity contribution < 1.29 is 14.3 Å². The van der Waals surface area contributed by atoms with Crippen molar-refractivity contribution in [2.24, 2.45) is 0 Å². The van der Waals surface area contributed by atoms with Crippen LogP contribution < -0.4 is 9.47 Å². The molecule has 0 unspecified atom stereocenters. The number of thioether (sulfide) groups is 1. The fraction of sp³-hybridized carbons (Fsp3) is 0.318. The van der Waals surface area contributed by atoms with E-state index in [1.165, 1.54) is 11.8 Å². The molecule has 7 heteroatoms. The average molecular weight is 410 g/mol. The van der Waals surface area contributed by atoms with Crippen molar-refractivity contribution >= 4 is 17.5 Å². The molecule has 0 radical (unpaired) electrons. The molecule has 29 heavy (non-hydrogen) atoms. The lowest BCUT2D eigenvalue weighted by Crippen LogP contribution is -2.08. The van der Waals surface area contributed by atoms with Gasteiger partial charge in [-0.05, 0) is 32.0 Å². The minimum atomic E-state index is 0.0750. The summed E-state index contributed by atoms with van der Waals surface area (Å²) >= 11 is 1.41. The first-order valence-electron chi connectivity index (χ1n) is 9.69. The molecule has 2 heterocycles. The van der Waals surface area contributed by atoms with E-state index in [0.29, 0.717) is 24.5 Å². The lowest BCUT2D eigenvalue weighted by Gasteiger charge is -2.15. The number of aromatic nitrogens is 3. The van der Waals surface area contributed by atoms with Crippen LogP contribution in [0.5, 0.6) is 11.5 Å². The molecule has 4 rings (SSSR count). The number of ketones is 1. The van der Waals surface area contributed by atoms with Gasteiger partial charge in [-0.2, -0.15) is 0 Å². The fourth-order valence-corrected chi connectivity index (χ4v) is 4.14. The van der Waals surface area contributed by atoms with Gasteiger partial charge in [-0.1, -0.05) is 42.1 Å². The van der Waals surface area contributed by atoms with E-state index in [9.17, 15) is 4.79 Å². The largest absolute Gasteiger partial charge is 0.490 e. The Morgan fingerprint density at radius 1 is 1.07 bits per heavy atom. The Morgan fingerprint density at radius 3 is 2.59 bits per heavy atom. The first-order chi connectivity index (χ1) is 14.1. The number of Topliss-reactive ketones (excluding diaryl/α,β-unsaturated/α-hetero) is 1. The Morgan fingerprint density at radius 2 is 1.83 bits per heavy atom. The predicted octanol–water partition coefficient (Wildman–Crippen LogP) is 4.66. The highest BCUT2D eigenvalue weighted by atomic mass is 32.2. The van der Waals surface area contributed by atoms with Crippen LogP contribution in [0.4, 0.5) is 0 Å². The van der Waals surface area contributed by atoms with Crippen LogP contribution in [0.2, 0.25) is 0 Å². The summed E-state index contributed by atoms with van der Waals surface area (Å²) in [6.07, 6.45) is 0.864. The number of hydrogen-bond acceptors (Lipinski definition) is 6. The van der Waals surface area contributed by atoms with Gasteiger partial charge < -0.3 is 9.47 Å². The molecule has 0 saturated carbocycles. The number of fused-ring (bicyclic) bond motifs is 1. The van der Waals surface area contributed by atoms with Crippen molar-refractivity contribution in [1.29, 1.82) is 0 Å². The molecule has 0 fully saturated rings. The van der Waals surface area contributed by atoms with Crippen molar-refractivity contribution in [2.75, 3.05) is 19.0 Å². The fourth-order valence-electron chi connectivity index (χ4n) is 3.18. The molecule has 0 spiro atoms. The summed E-state index contributed by atoms with van der Waals surface area (Å²) in [5, 5.41) is 9.50. The maximum Gasteiger partial charge on any atom is 0.192 e. The van der Waals surface area contributed by atoms with E-state index in [2.05, 4.69) is 28.6 Å². The number of benzene rings is 2. The van der Waals surface area contributed by atoms with Crippen molar-refractivity contribution in [3.05, 3.63) is 54.1 Å².